The van der Waals surface area contributed by atoms with Gasteiger partial charge in [0.25, 0.3) is 0 Å². The molecule has 3 aromatic rings. The van der Waals surface area contributed by atoms with Gasteiger partial charge in [-0.1, -0.05) is 31.2 Å². The Kier molecular flexibility index (Phi) is 5.83. The number of ether oxygens (including phenoxy) is 1. The SMILES string of the molecule is CCc1ccc(S(=O)(=O)NCc2ccc(Oc3cccc(F)c3)nc2)cc1. The second-order valence-electron chi connectivity index (χ2n) is 5.89. The van der Waals surface area contributed by atoms with E-state index in [9.17, 15) is 12.8 Å². The Morgan fingerprint density at radius 3 is 2.41 bits per heavy atom. The molecular formula is C20H19FN2O3S. The van der Waals surface area contributed by atoms with Crippen molar-refractivity contribution in [3.8, 4) is 11.6 Å². The highest BCUT2D eigenvalue weighted by Crippen LogP contribution is 2.20. The Balaban J connectivity index is 1.62. The number of sulfonamides is 1. The fraction of sp³-hybridized carbons (Fsp3) is 0.150. The zero-order valence-electron chi connectivity index (χ0n) is 14.7. The second-order valence-corrected chi connectivity index (χ2v) is 7.65. The van der Waals surface area contributed by atoms with Crippen molar-refractivity contribution in [2.24, 2.45) is 0 Å². The first-order valence-electron chi connectivity index (χ1n) is 8.43. The number of halogens is 1. The van der Waals surface area contributed by atoms with Gasteiger partial charge in [0.05, 0.1) is 4.90 Å². The number of aromatic nitrogens is 1. The highest BCUT2D eigenvalue weighted by atomic mass is 32.2. The van der Waals surface area contributed by atoms with Crippen LogP contribution in [0.5, 0.6) is 11.6 Å². The number of hydrogen-bond donors (Lipinski definition) is 1. The van der Waals surface area contributed by atoms with Crippen molar-refractivity contribution in [2.45, 2.75) is 24.8 Å². The van der Waals surface area contributed by atoms with E-state index in [1.807, 2.05) is 6.92 Å². The number of pyridine rings is 1. The van der Waals surface area contributed by atoms with Crippen LogP contribution in [0.4, 0.5) is 4.39 Å². The Morgan fingerprint density at radius 1 is 1.04 bits per heavy atom. The summed E-state index contributed by atoms with van der Waals surface area (Å²) in [5.74, 6) is 0.235. The summed E-state index contributed by atoms with van der Waals surface area (Å²) in [7, 11) is -3.60. The lowest BCUT2D eigenvalue weighted by molar-refractivity contribution is 0.457. The number of rotatable bonds is 7. The van der Waals surface area contributed by atoms with Gasteiger partial charge in [-0.25, -0.2) is 22.5 Å². The van der Waals surface area contributed by atoms with E-state index in [1.165, 1.54) is 18.3 Å². The molecular weight excluding hydrogens is 367 g/mol. The third-order valence-electron chi connectivity index (χ3n) is 3.92. The molecule has 0 amide bonds. The molecule has 0 aliphatic carbocycles. The van der Waals surface area contributed by atoms with Crippen LogP contribution in [-0.2, 0) is 23.0 Å². The van der Waals surface area contributed by atoms with E-state index in [1.54, 1.807) is 48.5 Å². The summed E-state index contributed by atoms with van der Waals surface area (Å²) in [6.07, 6.45) is 2.36. The van der Waals surface area contributed by atoms with Gasteiger partial charge in [-0.3, -0.25) is 0 Å². The highest BCUT2D eigenvalue weighted by molar-refractivity contribution is 7.89. The number of benzene rings is 2. The standard InChI is InChI=1S/C20H19FN2O3S/c1-2-15-6-9-19(10-7-15)27(24,25)23-14-16-8-11-20(22-13-16)26-18-5-3-4-17(21)12-18/h3-13,23H,2,14H2,1H3. The smallest absolute Gasteiger partial charge is 0.240 e. The monoisotopic (exact) mass is 386 g/mol. The van der Waals surface area contributed by atoms with Crippen molar-refractivity contribution in [3.05, 3.63) is 83.8 Å². The van der Waals surface area contributed by atoms with Crippen molar-refractivity contribution in [3.63, 3.8) is 0 Å². The van der Waals surface area contributed by atoms with E-state index in [-0.39, 0.29) is 11.4 Å². The van der Waals surface area contributed by atoms with Gasteiger partial charge in [-0.15, -0.1) is 0 Å². The van der Waals surface area contributed by atoms with Crippen molar-refractivity contribution >= 4 is 10.0 Å². The fourth-order valence-electron chi connectivity index (χ4n) is 2.39. The first kappa shape index (κ1) is 19.0. The first-order chi connectivity index (χ1) is 13.0. The van der Waals surface area contributed by atoms with E-state index in [2.05, 4.69) is 9.71 Å². The topological polar surface area (TPSA) is 68.3 Å². The van der Waals surface area contributed by atoms with Gasteiger partial charge < -0.3 is 4.74 Å². The fourth-order valence-corrected chi connectivity index (χ4v) is 3.41. The maximum Gasteiger partial charge on any atom is 0.240 e. The van der Waals surface area contributed by atoms with E-state index < -0.39 is 15.8 Å². The molecule has 0 unspecified atom stereocenters. The summed E-state index contributed by atoms with van der Waals surface area (Å²) < 4.78 is 45.9. The summed E-state index contributed by atoms with van der Waals surface area (Å²) in [6, 6.07) is 15.8. The van der Waals surface area contributed by atoms with Gasteiger partial charge in [0.1, 0.15) is 11.6 Å². The summed E-state index contributed by atoms with van der Waals surface area (Å²) in [5, 5.41) is 0. The average molecular weight is 386 g/mol. The van der Waals surface area contributed by atoms with Crippen molar-refractivity contribution in [1.82, 2.24) is 9.71 Å². The predicted molar refractivity (Wildman–Crippen MR) is 101 cm³/mol. The lowest BCUT2D eigenvalue weighted by Crippen LogP contribution is -2.23. The maximum absolute atomic E-state index is 13.2. The predicted octanol–water partition coefficient (Wildman–Crippen LogP) is 4.05. The Labute approximate surface area is 157 Å². The molecule has 2 aromatic carbocycles. The van der Waals surface area contributed by atoms with E-state index in [4.69, 9.17) is 4.74 Å². The molecule has 1 aromatic heterocycles. The summed E-state index contributed by atoms with van der Waals surface area (Å²) in [5.41, 5.74) is 1.75. The normalized spacial score (nSPS) is 11.3. The van der Waals surface area contributed by atoms with Gasteiger partial charge in [0.15, 0.2) is 0 Å². The van der Waals surface area contributed by atoms with Crippen molar-refractivity contribution in [1.29, 1.82) is 0 Å². The molecule has 27 heavy (non-hydrogen) atoms. The quantitative estimate of drug-likeness (QED) is 0.665. The van der Waals surface area contributed by atoms with Crippen LogP contribution in [0.1, 0.15) is 18.1 Å². The second kappa shape index (κ2) is 8.28. The van der Waals surface area contributed by atoms with E-state index >= 15 is 0 Å². The summed E-state index contributed by atoms with van der Waals surface area (Å²) >= 11 is 0. The lowest BCUT2D eigenvalue weighted by Gasteiger charge is -2.08. The summed E-state index contributed by atoms with van der Waals surface area (Å²) in [4.78, 5) is 4.34. The van der Waals surface area contributed by atoms with Crippen molar-refractivity contribution in [2.75, 3.05) is 0 Å². The molecule has 1 N–H and O–H groups in total. The largest absolute Gasteiger partial charge is 0.439 e. The van der Waals surface area contributed by atoms with Crippen LogP contribution in [0.25, 0.3) is 0 Å². The van der Waals surface area contributed by atoms with Crippen LogP contribution < -0.4 is 9.46 Å². The molecule has 0 fully saturated rings. The molecule has 0 aliphatic heterocycles. The number of nitrogens with one attached hydrogen (secondary N) is 1. The Morgan fingerprint density at radius 2 is 1.78 bits per heavy atom. The van der Waals surface area contributed by atoms with Crippen molar-refractivity contribution < 1.29 is 17.5 Å². The third-order valence-corrected chi connectivity index (χ3v) is 5.34. The van der Waals surface area contributed by atoms with Crippen LogP contribution >= 0.6 is 0 Å². The van der Waals surface area contributed by atoms with Crippen LogP contribution in [0, 0.1) is 5.82 Å². The highest BCUT2D eigenvalue weighted by Gasteiger charge is 2.13. The van der Waals surface area contributed by atoms with Gasteiger partial charge >= 0.3 is 0 Å². The minimum atomic E-state index is -3.60. The van der Waals surface area contributed by atoms with Crippen LogP contribution in [0.15, 0.2) is 71.8 Å². The molecule has 0 aliphatic rings. The maximum atomic E-state index is 13.2. The number of aryl methyl sites for hydroxylation is 1. The molecule has 1 heterocycles. The number of hydrogen-bond acceptors (Lipinski definition) is 4. The molecule has 5 nitrogen and oxygen atoms in total. The lowest BCUT2D eigenvalue weighted by atomic mass is 10.2. The summed E-state index contributed by atoms with van der Waals surface area (Å²) in [6.45, 7) is 2.11. The molecule has 7 heteroatoms. The first-order valence-corrected chi connectivity index (χ1v) is 9.91. The van der Waals surface area contributed by atoms with E-state index in [0.29, 0.717) is 17.2 Å². The van der Waals surface area contributed by atoms with Gasteiger partial charge in [-0.2, -0.15) is 0 Å². The third kappa shape index (κ3) is 5.12. The zero-order chi connectivity index (χ0) is 19.3. The van der Waals surface area contributed by atoms with Crippen LogP contribution in [-0.4, -0.2) is 13.4 Å². The minimum Gasteiger partial charge on any atom is -0.439 e. The minimum absolute atomic E-state index is 0.102. The van der Waals surface area contributed by atoms with Crippen LogP contribution in [0.2, 0.25) is 0 Å². The molecule has 0 spiro atoms. The molecule has 3 rings (SSSR count). The van der Waals surface area contributed by atoms with Gasteiger partial charge in [-0.05, 0) is 41.8 Å². The zero-order valence-corrected chi connectivity index (χ0v) is 15.5. The Hall–Kier alpha value is -2.77. The molecule has 0 atom stereocenters. The van der Waals surface area contributed by atoms with Crippen LogP contribution in [0.3, 0.4) is 0 Å². The Bertz CT molecular complexity index is 1000. The van der Waals surface area contributed by atoms with Gasteiger partial charge in [0.2, 0.25) is 15.9 Å². The number of nitrogens with zero attached hydrogens (tertiary/aromatic N) is 1. The average Bonchev–Trinajstić information content (AvgIpc) is 2.68. The molecule has 0 saturated carbocycles. The molecule has 0 bridgehead atoms. The van der Waals surface area contributed by atoms with E-state index in [0.717, 1.165) is 12.0 Å². The molecule has 0 saturated heterocycles. The molecule has 140 valence electrons. The van der Waals surface area contributed by atoms with Gasteiger partial charge in [0, 0.05) is 24.9 Å². The molecule has 0 radical (unpaired) electrons.